The summed E-state index contributed by atoms with van der Waals surface area (Å²) in [7, 11) is 0. The lowest BCUT2D eigenvalue weighted by Crippen LogP contribution is -2.15. The second kappa shape index (κ2) is 4.16. The Labute approximate surface area is 95.8 Å². The monoisotopic (exact) mass is 266 g/mol. The predicted molar refractivity (Wildman–Crippen MR) is 63.8 cm³/mol. The molecule has 0 amide bonds. The average molecular weight is 267 g/mol. The molecule has 0 saturated heterocycles. The SMILES string of the molecule is NCC(=O)Cc1c[nH]c2cc(Br)ccc12. The predicted octanol–water partition coefficient (Wildman–Crippen LogP) is 2.00. The number of rotatable bonds is 3. The fourth-order valence-corrected chi connectivity index (χ4v) is 1.95. The van der Waals surface area contributed by atoms with Crippen LogP contribution in [0, 0.1) is 0 Å². The van der Waals surface area contributed by atoms with Crippen LogP contribution in [0.5, 0.6) is 0 Å². The molecule has 0 radical (unpaired) electrons. The molecule has 2 aromatic rings. The average Bonchev–Trinajstić information content (AvgIpc) is 2.60. The number of ketones is 1. The molecule has 0 aliphatic carbocycles. The molecule has 4 heteroatoms. The van der Waals surface area contributed by atoms with Crippen LogP contribution in [0.2, 0.25) is 0 Å². The number of benzene rings is 1. The van der Waals surface area contributed by atoms with Crippen LogP contribution in [0.15, 0.2) is 28.9 Å². The third kappa shape index (κ3) is 2.11. The largest absolute Gasteiger partial charge is 0.361 e. The van der Waals surface area contributed by atoms with Crippen molar-refractivity contribution < 1.29 is 4.79 Å². The summed E-state index contributed by atoms with van der Waals surface area (Å²) in [5, 5.41) is 1.08. The highest BCUT2D eigenvalue weighted by Crippen LogP contribution is 2.22. The van der Waals surface area contributed by atoms with Crippen LogP contribution in [-0.4, -0.2) is 17.3 Å². The molecule has 15 heavy (non-hydrogen) atoms. The van der Waals surface area contributed by atoms with Crippen molar-refractivity contribution in [2.75, 3.05) is 6.54 Å². The van der Waals surface area contributed by atoms with Gasteiger partial charge >= 0.3 is 0 Å². The number of aromatic amines is 1. The van der Waals surface area contributed by atoms with Crippen LogP contribution in [0.4, 0.5) is 0 Å². The maximum Gasteiger partial charge on any atom is 0.150 e. The maximum absolute atomic E-state index is 11.2. The van der Waals surface area contributed by atoms with Crippen LogP contribution in [-0.2, 0) is 11.2 Å². The summed E-state index contributed by atoms with van der Waals surface area (Å²) >= 11 is 3.40. The number of nitrogens with two attached hydrogens (primary N) is 1. The Morgan fingerprint density at radius 3 is 3.00 bits per heavy atom. The number of H-pyrrole nitrogens is 1. The van der Waals surface area contributed by atoms with Gasteiger partial charge in [-0.15, -0.1) is 0 Å². The first-order valence-electron chi connectivity index (χ1n) is 4.68. The number of hydrogen-bond donors (Lipinski definition) is 2. The van der Waals surface area contributed by atoms with Gasteiger partial charge in [0.05, 0.1) is 6.54 Å². The van der Waals surface area contributed by atoms with E-state index >= 15 is 0 Å². The van der Waals surface area contributed by atoms with Crippen molar-refractivity contribution in [3.05, 3.63) is 34.4 Å². The first-order valence-corrected chi connectivity index (χ1v) is 5.47. The van der Waals surface area contributed by atoms with Gasteiger partial charge in [0.15, 0.2) is 5.78 Å². The molecule has 1 aromatic heterocycles. The molecule has 3 N–H and O–H groups in total. The highest BCUT2D eigenvalue weighted by atomic mass is 79.9. The molecule has 0 aliphatic rings. The standard InChI is InChI=1S/C11H11BrN2O/c12-8-1-2-10-7(3-9(15)5-13)6-14-11(10)4-8/h1-2,4,6,14H,3,5,13H2. The van der Waals surface area contributed by atoms with Crippen molar-refractivity contribution in [2.24, 2.45) is 5.73 Å². The van der Waals surface area contributed by atoms with E-state index in [1.807, 2.05) is 24.4 Å². The lowest BCUT2D eigenvalue weighted by Gasteiger charge is -1.97. The minimum Gasteiger partial charge on any atom is -0.361 e. The highest BCUT2D eigenvalue weighted by molar-refractivity contribution is 9.10. The first-order chi connectivity index (χ1) is 7.20. The lowest BCUT2D eigenvalue weighted by atomic mass is 10.1. The Morgan fingerprint density at radius 2 is 2.27 bits per heavy atom. The van der Waals surface area contributed by atoms with Gasteiger partial charge < -0.3 is 10.7 Å². The third-order valence-corrected chi connectivity index (χ3v) is 2.84. The van der Waals surface area contributed by atoms with Gasteiger partial charge in [-0.3, -0.25) is 4.79 Å². The molecule has 3 nitrogen and oxygen atoms in total. The summed E-state index contributed by atoms with van der Waals surface area (Å²) in [5.74, 6) is 0.0545. The Morgan fingerprint density at radius 1 is 1.47 bits per heavy atom. The molecule has 0 unspecified atom stereocenters. The fraction of sp³-hybridized carbons (Fsp3) is 0.182. The highest BCUT2D eigenvalue weighted by Gasteiger charge is 2.07. The second-order valence-corrected chi connectivity index (χ2v) is 4.34. The van der Waals surface area contributed by atoms with Crippen molar-refractivity contribution in [1.29, 1.82) is 0 Å². The molecule has 1 aromatic carbocycles. The molecule has 0 spiro atoms. The molecular formula is C11H11BrN2O. The molecule has 2 rings (SSSR count). The van der Waals surface area contributed by atoms with Crippen LogP contribution in [0.1, 0.15) is 5.56 Å². The number of Topliss-reactive ketones (excluding diaryl/α,β-unsaturated/α-hetero) is 1. The number of carbonyl (C=O) groups is 1. The summed E-state index contributed by atoms with van der Waals surface area (Å²) in [6, 6.07) is 5.95. The zero-order chi connectivity index (χ0) is 10.8. The van der Waals surface area contributed by atoms with E-state index in [1.165, 1.54) is 0 Å². The van der Waals surface area contributed by atoms with E-state index in [0.29, 0.717) is 6.42 Å². The van der Waals surface area contributed by atoms with Gasteiger partial charge in [0.2, 0.25) is 0 Å². The molecule has 78 valence electrons. The van der Waals surface area contributed by atoms with Crippen molar-refractivity contribution in [3.8, 4) is 0 Å². The Kier molecular flexibility index (Phi) is 2.88. The Balaban J connectivity index is 2.41. The minimum atomic E-state index is 0.0545. The van der Waals surface area contributed by atoms with Crippen molar-refractivity contribution in [2.45, 2.75) is 6.42 Å². The Hall–Kier alpha value is -1.13. The van der Waals surface area contributed by atoms with Gasteiger partial charge in [-0.2, -0.15) is 0 Å². The summed E-state index contributed by atoms with van der Waals surface area (Å²) in [6.07, 6.45) is 2.27. The molecule has 0 atom stereocenters. The number of carbonyl (C=O) groups excluding carboxylic acids is 1. The maximum atomic E-state index is 11.2. The minimum absolute atomic E-state index is 0.0545. The molecule has 0 aliphatic heterocycles. The normalized spacial score (nSPS) is 10.8. The zero-order valence-corrected chi connectivity index (χ0v) is 9.67. The van der Waals surface area contributed by atoms with Crippen LogP contribution in [0.3, 0.4) is 0 Å². The van der Waals surface area contributed by atoms with Crippen LogP contribution >= 0.6 is 15.9 Å². The van der Waals surface area contributed by atoms with E-state index in [2.05, 4.69) is 20.9 Å². The number of hydrogen-bond acceptors (Lipinski definition) is 2. The van der Waals surface area contributed by atoms with Crippen LogP contribution < -0.4 is 5.73 Å². The van der Waals surface area contributed by atoms with Gasteiger partial charge in [-0.25, -0.2) is 0 Å². The summed E-state index contributed by atoms with van der Waals surface area (Å²) in [5.41, 5.74) is 7.33. The van der Waals surface area contributed by atoms with E-state index < -0.39 is 0 Å². The van der Waals surface area contributed by atoms with Gasteiger partial charge in [-0.1, -0.05) is 22.0 Å². The number of nitrogens with one attached hydrogen (secondary N) is 1. The first kappa shape index (κ1) is 10.4. The fourth-order valence-electron chi connectivity index (χ4n) is 1.59. The quantitative estimate of drug-likeness (QED) is 0.893. The van der Waals surface area contributed by atoms with Crippen molar-refractivity contribution in [3.63, 3.8) is 0 Å². The van der Waals surface area contributed by atoms with Gasteiger partial charge in [0.1, 0.15) is 0 Å². The van der Waals surface area contributed by atoms with E-state index in [-0.39, 0.29) is 12.3 Å². The Bertz CT molecular complexity index is 504. The smallest absolute Gasteiger partial charge is 0.150 e. The van der Waals surface area contributed by atoms with Crippen molar-refractivity contribution >= 4 is 32.6 Å². The lowest BCUT2D eigenvalue weighted by molar-refractivity contribution is -0.117. The summed E-state index contributed by atoms with van der Waals surface area (Å²) < 4.78 is 1.02. The summed E-state index contributed by atoms with van der Waals surface area (Å²) in [4.78, 5) is 14.4. The number of aromatic nitrogens is 1. The van der Waals surface area contributed by atoms with E-state index in [1.54, 1.807) is 0 Å². The number of halogens is 1. The van der Waals surface area contributed by atoms with Gasteiger partial charge in [0, 0.05) is 28.0 Å². The summed E-state index contributed by atoms with van der Waals surface area (Å²) in [6.45, 7) is 0.100. The van der Waals surface area contributed by atoms with Crippen molar-refractivity contribution in [1.82, 2.24) is 4.98 Å². The second-order valence-electron chi connectivity index (χ2n) is 3.42. The molecule has 0 bridgehead atoms. The van der Waals surface area contributed by atoms with Gasteiger partial charge in [0.25, 0.3) is 0 Å². The molecule has 0 saturated carbocycles. The topological polar surface area (TPSA) is 58.9 Å². The number of fused-ring (bicyclic) bond motifs is 1. The zero-order valence-electron chi connectivity index (χ0n) is 8.09. The van der Waals surface area contributed by atoms with Gasteiger partial charge in [-0.05, 0) is 17.7 Å². The molecule has 1 heterocycles. The third-order valence-electron chi connectivity index (χ3n) is 2.34. The molecular weight excluding hydrogens is 256 g/mol. The van der Waals surface area contributed by atoms with E-state index in [9.17, 15) is 4.79 Å². The van der Waals surface area contributed by atoms with Crippen LogP contribution in [0.25, 0.3) is 10.9 Å². The van der Waals surface area contributed by atoms with E-state index in [4.69, 9.17) is 5.73 Å². The molecule has 0 fully saturated rings. The van der Waals surface area contributed by atoms with E-state index in [0.717, 1.165) is 20.9 Å².